The van der Waals surface area contributed by atoms with Gasteiger partial charge in [0.05, 0.1) is 23.6 Å². The Labute approximate surface area is 164 Å². The maximum Gasteiger partial charge on any atom is 0.175 e. The molecule has 0 aliphatic heterocycles. The number of hydrogen-bond acceptors (Lipinski definition) is 2. The van der Waals surface area contributed by atoms with Gasteiger partial charge in [0.25, 0.3) is 0 Å². The van der Waals surface area contributed by atoms with Gasteiger partial charge in [0.2, 0.25) is 0 Å². The molecular formula is C20H21ClN4S. The molecule has 0 aliphatic carbocycles. The number of rotatable bonds is 4. The first-order valence-electron chi connectivity index (χ1n) is 8.36. The van der Waals surface area contributed by atoms with Crippen LogP contribution in [0, 0.1) is 20.8 Å². The van der Waals surface area contributed by atoms with E-state index >= 15 is 0 Å². The van der Waals surface area contributed by atoms with E-state index in [9.17, 15) is 0 Å². The summed E-state index contributed by atoms with van der Waals surface area (Å²) in [4.78, 5) is 0. The van der Waals surface area contributed by atoms with Crippen LogP contribution in [0.15, 0.2) is 48.5 Å². The maximum atomic E-state index is 6.17. The predicted octanol–water partition coefficient (Wildman–Crippen LogP) is 5.32. The molecule has 1 heterocycles. The van der Waals surface area contributed by atoms with Gasteiger partial charge in [-0.1, -0.05) is 48.0 Å². The van der Waals surface area contributed by atoms with Gasteiger partial charge in [0.1, 0.15) is 0 Å². The number of thiocarbonyl (C=S) groups is 1. The third kappa shape index (κ3) is 4.23. The minimum absolute atomic E-state index is 0.510. The van der Waals surface area contributed by atoms with Crippen LogP contribution >= 0.6 is 23.8 Å². The fourth-order valence-corrected chi connectivity index (χ4v) is 3.14. The molecule has 6 heteroatoms. The SMILES string of the molecule is Cc1ccc(NC(=S)Nc2c(C)nn(Cc3ccccc3)c2C)cc1Cl. The van der Waals surface area contributed by atoms with Crippen molar-refractivity contribution in [2.45, 2.75) is 27.3 Å². The van der Waals surface area contributed by atoms with E-state index in [0.29, 0.717) is 10.1 Å². The van der Waals surface area contributed by atoms with Crippen LogP contribution in [0.25, 0.3) is 0 Å². The summed E-state index contributed by atoms with van der Waals surface area (Å²) < 4.78 is 1.98. The van der Waals surface area contributed by atoms with E-state index < -0.39 is 0 Å². The van der Waals surface area contributed by atoms with Gasteiger partial charge in [0.15, 0.2) is 5.11 Å². The first kappa shape index (κ1) is 18.4. The van der Waals surface area contributed by atoms with Gasteiger partial charge >= 0.3 is 0 Å². The average molecular weight is 385 g/mol. The third-order valence-electron chi connectivity index (χ3n) is 4.22. The highest BCUT2D eigenvalue weighted by Crippen LogP contribution is 2.22. The molecule has 1 aromatic heterocycles. The predicted molar refractivity (Wildman–Crippen MR) is 113 cm³/mol. The standard InChI is InChI=1S/C20H21ClN4S/c1-13-9-10-17(11-18(13)21)22-20(26)23-19-14(2)24-25(15(19)3)12-16-7-5-4-6-8-16/h4-11H,12H2,1-3H3,(H2,22,23,26). The molecule has 0 radical (unpaired) electrons. The van der Waals surface area contributed by atoms with E-state index in [-0.39, 0.29) is 0 Å². The summed E-state index contributed by atoms with van der Waals surface area (Å²) in [6.07, 6.45) is 0. The number of hydrogen-bond donors (Lipinski definition) is 2. The van der Waals surface area contributed by atoms with Crippen molar-refractivity contribution in [3.05, 3.63) is 76.1 Å². The molecule has 3 rings (SSSR count). The highest BCUT2D eigenvalue weighted by atomic mass is 35.5. The zero-order valence-corrected chi connectivity index (χ0v) is 16.6. The Kier molecular flexibility index (Phi) is 5.59. The van der Waals surface area contributed by atoms with Crippen LogP contribution in [-0.4, -0.2) is 14.9 Å². The van der Waals surface area contributed by atoms with Crippen molar-refractivity contribution >= 4 is 40.3 Å². The number of aromatic nitrogens is 2. The molecule has 0 saturated carbocycles. The highest BCUT2D eigenvalue weighted by Gasteiger charge is 2.13. The molecule has 0 atom stereocenters. The van der Waals surface area contributed by atoms with Crippen molar-refractivity contribution in [3.63, 3.8) is 0 Å². The van der Waals surface area contributed by atoms with Gasteiger partial charge in [-0.15, -0.1) is 0 Å². The van der Waals surface area contributed by atoms with Crippen LogP contribution in [0.1, 0.15) is 22.5 Å². The lowest BCUT2D eigenvalue weighted by atomic mass is 10.2. The molecular weight excluding hydrogens is 364 g/mol. The van der Waals surface area contributed by atoms with Crippen molar-refractivity contribution in [2.24, 2.45) is 0 Å². The highest BCUT2D eigenvalue weighted by molar-refractivity contribution is 7.80. The van der Waals surface area contributed by atoms with Crippen molar-refractivity contribution in [1.29, 1.82) is 0 Å². The van der Waals surface area contributed by atoms with Gasteiger partial charge in [-0.05, 0) is 56.2 Å². The Morgan fingerprint density at radius 3 is 2.50 bits per heavy atom. The second-order valence-electron chi connectivity index (χ2n) is 6.23. The average Bonchev–Trinajstić information content (AvgIpc) is 2.86. The van der Waals surface area contributed by atoms with Gasteiger partial charge in [-0.3, -0.25) is 4.68 Å². The Balaban J connectivity index is 1.73. The van der Waals surface area contributed by atoms with E-state index in [2.05, 4.69) is 27.9 Å². The van der Waals surface area contributed by atoms with E-state index in [1.54, 1.807) is 0 Å². The first-order chi connectivity index (χ1) is 12.4. The van der Waals surface area contributed by atoms with Crippen LogP contribution in [0.3, 0.4) is 0 Å². The number of halogens is 1. The molecule has 26 heavy (non-hydrogen) atoms. The second-order valence-corrected chi connectivity index (χ2v) is 7.05. The molecule has 2 N–H and O–H groups in total. The van der Waals surface area contributed by atoms with Crippen LogP contribution in [0.5, 0.6) is 0 Å². The largest absolute Gasteiger partial charge is 0.332 e. The minimum Gasteiger partial charge on any atom is -0.332 e. The number of nitrogens with zero attached hydrogens (tertiary/aromatic N) is 2. The molecule has 3 aromatic rings. The molecule has 0 bridgehead atoms. The Morgan fingerprint density at radius 2 is 1.81 bits per heavy atom. The lowest BCUT2D eigenvalue weighted by Gasteiger charge is -2.12. The summed E-state index contributed by atoms with van der Waals surface area (Å²) in [5, 5.41) is 12.3. The van der Waals surface area contributed by atoms with Crippen molar-refractivity contribution < 1.29 is 0 Å². The van der Waals surface area contributed by atoms with Gasteiger partial charge < -0.3 is 10.6 Å². The molecule has 0 amide bonds. The lowest BCUT2D eigenvalue weighted by molar-refractivity contribution is 0.659. The molecule has 134 valence electrons. The van der Waals surface area contributed by atoms with Crippen molar-refractivity contribution in [3.8, 4) is 0 Å². The Bertz CT molecular complexity index is 934. The van der Waals surface area contributed by atoms with Gasteiger partial charge in [-0.2, -0.15) is 5.10 Å². The fraction of sp³-hybridized carbons (Fsp3) is 0.200. The molecule has 4 nitrogen and oxygen atoms in total. The summed E-state index contributed by atoms with van der Waals surface area (Å²) in [5.74, 6) is 0. The van der Waals surface area contributed by atoms with E-state index in [1.807, 2.05) is 61.9 Å². The van der Waals surface area contributed by atoms with Gasteiger partial charge in [0, 0.05) is 10.7 Å². The molecule has 0 fully saturated rings. The number of anilines is 2. The van der Waals surface area contributed by atoms with Crippen LogP contribution in [-0.2, 0) is 6.54 Å². The first-order valence-corrected chi connectivity index (χ1v) is 9.15. The van der Waals surface area contributed by atoms with Crippen molar-refractivity contribution in [1.82, 2.24) is 9.78 Å². The fourth-order valence-electron chi connectivity index (χ4n) is 2.73. The Hall–Kier alpha value is -2.37. The summed E-state index contributed by atoms with van der Waals surface area (Å²) in [6, 6.07) is 16.0. The molecule has 0 spiro atoms. The normalized spacial score (nSPS) is 10.6. The molecule has 2 aromatic carbocycles. The van der Waals surface area contributed by atoms with Crippen LogP contribution in [0.2, 0.25) is 5.02 Å². The van der Waals surface area contributed by atoms with E-state index in [0.717, 1.165) is 34.9 Å². The third-order valence-corrected chi connectivity index (χ3v) is 4.84. The summed E-state index contributed by atoms with van der Waals surface area (Å²) >= 11 is 11.6. The number of nitrogens with one attached hydrogen (secondary N) is 2. The Morgan fingerprint density at radius 1 is 1.08 bits per heavy atom. The zero-order chi connectivity index (χ0) is 18.7. The minimum atomic E-state index is 0.510. The summed E-state index contributed by atoms with van der Waals surface area (Å²) in [5.41, 5.74) is 5.97. The quantitative estimate of drug-likeness (QED) is 0.597. The zero-order valence-electron chi connectivity index (χ0n) is 15.0. The topological polar surface area (TPSA) is 41.9 Å². The second kappa shape index (κ2) is 7.89. The van der Waals surface area contributed by atoms with E-state index in [1.165, 1.54) is 5.56 Å². The van der Waals surface area contributed by atoms with Crippen molar-refractivity contribution in [2.75, 3.05) is 10.6 Å². The number of aryl methyl sites for hydroxylation is 2. The number of benzene rings is 2. The molecule has 0 saturated heterocycles. The smallest absolute Gasteiger partial charge is 0.175 e. The van der Waals surface area contributed by atoms with E-state index in [4.69, 9.17) is 23.8 Å². The van der Waals surface area contributed by atoms with Crippen LogP contribution < -0.4 is 10.6 Å². The molecule has 0 unspecified atom stereocenters. The van der Waals surface area contributed by atoms with Gasteiger partial charge in [-0.25, -0.2) is 0 Å². The maximum absolute atomic E-state index is 6.17. The monoisotopic (exact) mass is 384 g/mol. The summed E-state index contributed by atoms with van der Waals surface area (Å²) in [7, 11) is 0. The lowest BCUT2D eigenvalue weighted by Crippen LogP contribution is -2.20. The van der Waals surface area contributed by atoms with Crippen LogP contribution in [0.4, 0.5) is 11.4 Å². The summed E-state index contributed by atoms with van der Waals surface area (Å²) in [6.45, 7) is 6.71. The molecule has 0 aliphatic rings.